The number of aliphatic hydroxyl groups is 1. The van der Waals surface area contributed by atoms with E-state index in [2.05, 4.69) is 4.90 Å². The highest BCUT2D eigenvalue weighted by Crippen LogP contribution is 2.30. The summed E-state index contributed by atoms with van der Waals surface area (Å²) in [7, 11) is 0. The lowest BCUT2D eigenvalue weighted by atomic mass is 9.81. The maximum absolute atomic E-state index is 12.2. The van der Waals surface area contributed by atoms with Crippen molar-refractivity contribution >= 4 is 5.91 Å². The van der Waals surface area contributed by atoms with Crippen LogP contribution in [0.25, 0.3) is 0 Å². The van der Waals surface area contributed by atoms with Gasteiger partial charge in [0, 0.05) is 38.1 Å². The molecule has 18 heavy (non-hydrogen) atoms. The Morgan fingerprint density at radius 2 is 1.78 bits per heavy atom. The molecule has 1 aliphatic heterocycles. The molecular formula is C14H24N2O2. The molecule has 3 rings (SSSR count). The van der Waals surface area contributed by atoms with Crippen LogP contribution >= 0.6 is 0 Å². The van der Waals surface area contributed by atoms with Gasteiger partial charge in [-0.15, -0.1) is 0 Å². The highest BCUT2D eigenvalue weighted by Gasteiger charge is 2.36. The lowest BCUT2D eigenvalue weighted by Gasteiger charge is -2.37. The number of hydrogen-bond acceptors (Lipinski definition) is 3. The molecular weight excluding hydrogens is 228 g/mol. The van der Waals surface area contributed by atoms with Crippen molar-refractivity contribution in [2.45, 2.75) is 50.7 Å². The van der Waals surface area contributed by atoms with E-state index in [1.54, 1.807) is 0 Å². The van der Waals surface area contributed by atoms with Crippen LogP contribution in [0.5, 0.6) is 0 Å². The first-order chi connectivity index (χ1) is 8.74. The third kappa shape index (κ3) is 2.41. The molecule has 2 aliphatic carbocycles. The van der Waals surface area contributed by atoms with Crippen LogP contribution in [0.15, 0.2) is 0 Å². The molecule has 0 spiro atoms. The van der Waals surface area contributed by atoms with Gasteiger partial charge in [0.15, 0.2) is 0 Å². The van der Waals surface area contributed by atoms with Crippen molar-refractivity contribution in [3.63, 3.8) is 0 Å². The molecule has 0 aromatic heterocycles. The van der Waals surface area contributed by atoms with Crippen molar-refractivity contribution in [3.05, 3.63) is 0 Å². The van der Waals surface area contributed by atoms with E-state index in [-0.39, 0.29) is 17.9 Å². The summed E-state index contributed by atoms with van der Waals surface area (Å²) in [6, 6.07) is 0.797. The van der Waals surface area contributed by atoms with Gasteiger partial charge in [-0.1, -0.05) is 6.42 Å². The smallest absolute Gasteiger partial charge is 0.225 e. The van der Waals surface area contributed by atoms with E-state index < -0.39 is 0 Å². The Balaban J connectivity index is 1.50. The monoisotopic (exact) mass is 252 g/mol. The second-order valence-corrected chi connectivity index (χ2v) is 6.12. The van der Waals surface area contributed by atoms with Crippen LogP contribution in [0.3, 0.4) is 0 Å². The maximum atomic E-state index is 12.2. The summed E-state index contributed by atoms with van der Waals surface area (Å²) < 4.78 is 0. The topological polar surface area (TPSA) is 43.8 Å². The summed E-state index contributed by atoms with van der Waals surface area (Å²) in [5.41, 5.74) is 0. The quantitative estimate of drug-likeness (QED) is 0.792. The first-order valence-corrected chi connectivity index (χ1v) is 7.45. The zero-order chi connectivity index (χ0) is 12.5. The van der Waals surface area contributed by atoms with Gasteiger partial charge < -0.3 is 10.0 Å². The Labute approximate surface area is 109 Å². The van der Waals surface area contributed by atoms with E-state index in [1.807, 2.05) is 4.90 Å². The van der Waals surface area contributed by atoms with Gasteiger partial charge in [-0.25, -0.2) is 0 Å². The number of hydrogen-bond donors (Lipinski definition) is 1. The molecule has 0 aromatic rings. The van der Waals surface area contributed by atoms with Gasteiger partial charge in [0.2, 0.25) is 5.91 Å². The predicted molar refractivity (Wildman–Crippen MR) is 69.1 cm³/mol. The maximum Gasteiger partial charge on any atom is 0.225 e. The van der Waals surface area contributed by atoms with Crippen LogP contribution in [0, 0.1) is 5.92 Å². The van der Waals surface area contributed by atoms with Gasteiger partial charge in [-0.2, -0.15) is 0 Å². The molecule has 0 bridgehead atoms. The largest absolute Gasteiger partial charge is 0.393 e. The minimum Gasteiger partial charge on any atom is -0.393 e. The minimum atomic E-state index is -0.225. The highest BCUT2D eigenvalue weighted by molar-refractivity contribution is 5.79. The Bertz CT molecular complexity index is 311. The van der Waals surface area contributed by atoms with E-state index in [1.165, 1.54) is 19.3 Å². The Kier molecular flexibility index (Phi) is 3.57. The molecule has 0 aromatic carbocycles. The molecule has 0 unspecified atom stereocenters. The minimum absolute atomic E-state index is 0.107. The van der Waals surface area contributed by atoms with Crippen molar-refractivity contribution in [1.82, 2.24) is 9.80 Å². The standard InChI is InChI=1S/C14H24N2O2/c17-13-9-11(10-13)14(18)16-6-2-5-15(7-8-16)12-3-1-4-12/h11-13,17H,1-10H2/t11-,13+. The Morgan fingerprint density at radius 3 is 2.39 bits per heavy atom. The first-order valence-electron chi connectivity index (χ1n) is 7.45. The number of amides is 1. The van der Waals surface area contributed by atoms with Gasteiger partial charge in [0.25, 0.3) is 0 Å². The zero-order valence-corrected chi connectivity index (χ0v) is 11.1. The number of rotatable bonds is 2. The number of aliphatic hydroxyl groups excluding tert-OH is 1. The second-order valence-electron chi connectivity index (χ2n) is 6.12. The average molecular weight is 252 g/mol. The van der Waals surface area contributed by atoms with Crippen LogP contribution < -0.4 is 0 Å². The number of carbonyl (C=O) groups is 1. The predicted octanol–water partition coefficient (Wildman–Crippen LogP) is 0.844. The van der Waals surface area contributed by atoms with Crippen molar-refractivity contribution < 1.29 is 9.90 Å². The van der Waals surface area contributed by atoms with Gasteiger partial charge in [0.05, 0.1) is 6.10 Å². The SMILES string of the molecule is O=C([C@H]1C[C@@H](O)C1)N1CCCN(C2CCC2)CC1. The van der Waals surface area contributed by atoms with Gasteiger partial charge in [-0.05, 0) is 32.1 Å². The number of nitrogens with zero attached hydrogens (tertiary/aromatic N) is 2. The van der Waals surface area contributed by atoms with Crippen LogP contribution in [0.4, 0.5) is 0 Å². The second kappa shape index (κ2) is 5.17. The van der Waals surface area contributed by atoms with E-state index >= 15 is 0 Å². The molecule has 0 atom stereocenters. The first kappa shape index (κ1) is 12.4. The lowest BCUT2D eigenvalue weighted by Crippen LogP contribution is -2.46. The van der Waals surface area contributed by atoms with Gasteiger partial charge >= 0.3 is 0 Å². The Morgan fingerprint density at radius 1 is 1.00 bits per heavy atom. The third-order valence-corrected chi connectivity index (χ3v) is 4.90. The lowest BCUT2D eigenvalue weighted by molar-refractivity contribution is -0.142. The Hall–Kier alpha value is -0.610. The summed E-state index contributed by atoms with van der Waals surface area (Å²) in [5.74, 6) is 0.394. The highest BCUT2D eigenvalue weighted by atomic mass is 16.3. The molecule has 1 saturated heterocycles. The third-order valence-electron chi connectivity index (χ3n) is 4.90. The van der Waals surface area contributed by atoms with Crippen molar-refractivity contribution in [2.24, 2.45) is 5.92 Å². The fraction of sp³-hybridized carbons (Fsp3) is 0.929. The van der Waals surface area contributed by atoms with Crippen molar-refractivity contribution in [3.8, 4) is 0 Å². The summed E-state index contributed by atoms with van der Waals surface area (Å²) in [6.07, 6.45) is 6.33. The molecule has 102 valence electrons. The van der Waals surface area contributed by atoms with Gasteiger partial charge in [-0.3, -0.25) is 9.69 Å². The molecule has 3 fully saturated rings. The molecule has 4 nitrogen and oxygen atoms in total. The summed E-state index contributed by atoms with van der Waals surface area (Å²) in [6.45, 7) is 4.00. The van der Waals surface area contributed by atoms with E-state index in [4.69, 9.17) is 0 Å². The fourth-order valence-electron chi connectivity index (χ4n) is 3.32. The molecule has 2 saturated carbocycles. The van der Waals surface area contributed by atoms with Crippen LogP contribution in [-0.4, -0.2) is 59.1 Å². The van der Waals surface area contributed by atoms with E-state index in [9.17, 15) is 9.90 Å². The summed E-state index contributed by atoms with van der Waals surface area (Å²) in [5, 5.41) is 9.30. The summed E-state index contributed by atoms with van der Waals surface area (Å²) >= 11 is 0. The van der Waals surface area contributed by atoms with Crippen molar-refractivity contribution in [2.75, 3.05) is 26.2 Å². The fourth-order valence-corrected chi connectivity index (χ4v) is 3.32. The van der Waals surface area contributed by atoms with E-state index in [0.717, 1.165) is 38.6 Å². The zero-order valence-electron chi connectivity index (χ0n) is 11.1. The molecule has 3 aliphatic rings. The molecule has 4 heteroatoms. The van der Waals surface area contributed by atoms with Gasteiger partial charge in [0.1, 0.15) is 0 Å². The average Bonchev–Trinajstić information content (AvgIpc) is 2.48. The van der Waals surface area contributed by atoms with E-state index in [0.29, 0.717) is 12.8 Å². The van der Waals surface area contributed by atoms with Crippen LogP contribution in [0.2, 0.25) is 0 Å². The van der Waals surface area contributed by atoms with Crippen LogP contribution in [-0.2, 0) is 4.79 Å². The van der Waals surface area contributed by atoms with Crippen molar-refractivity contribution in [1.29, 1.82) is 0 Å². The molecule has 1 N–H and O–H groups in total. The normalized spacial score (nSPS) is 34.6. The summed E-state index contributed by atoms with van der Waals surface area (Å²) in [4.78, 5) is 16.8. The molecule has 0 radical (unpaired) electrons. The number of carbonyl (C=O) groups excluding carboxylic acids is 1. The molecule has 1 amide bonds. The van der Waals surface area contributed by atoms with Crippen LogP contribution in [0.1, 0.15) is 38.5 Å². The molecule has 1 heterocycles.